The van der Waals surface area contributed by atoms with E-state index in [0.29, 0.717) is 29.9 Å². The van der Waals surface area contributed by atoms with Gasteiger partial charge in [0.15, 0.2) is 0 Å². The highest BCUT2D eigenvalue weighted by Crippen LogP contribution is 2.18. The van der Waals surface area contributed by atoms with Crippen LogP contribution < -0.4 is 10.6 Å². The summed E-state index contributed by atoms with van der Waals surface area (Å²) in [6.45, 7) is 3.86. The summed E-state index contributed by atoms with van der Waals surface area (Å²) in [4.78, 5) is 31.2. The smallest absolute Gasteiger partial charge is 0.341 e. The molecule has 1 amide bonds. The SMILES string of the molecule is CCOC(=O)c1cnc(NCC(=O)NC2CC2)nc1C. The van der Waals surface area contributed by atoms with Crippen LogP contribution >= 0.6 is 0 Å². The van der Waals surface area contributed by atoms with Crippen LogP contribution in [0, 0.1) is 6.92 Å². The van der Waals surface area contributed by atoms with E-state index in [1.807, 2.05) is 0 Å². The maximum atomic E-state index is 11.6. The fourth-order valence-electron chi connectivity index (χ4n) is 1.63. The van der Waals surface area contributed by atoms with Crippen molar-refractivity contribution in [3.63, 3.8) is 0 Å². The quantitative estimate of drug-likeness (QED) is 0.742. The molecule has 2 rings (SSSR count). The molecule has 1 aliphatic carbocycles. The topological polar surface area (TPSA) is 93.2 Å². The van der Waals surface area contributed by atoms with Crippen LogP contribution in [-0.2, 0) is 9.53 Å². The Bertz CT molecular complexity index is 514. The highest BCUT2D eigenvalue weighted by molar-refractivity contribution is 5.90. The second-order valence-corrected chi connectivity index (χ2v) is 4.61. The molecule has 0 spiro atoms. The zero-order valence-electron chi connectivity index (χ0n) is 11.6. The van der Waals surface area contributed by atoms with E-state index in [9.17, 15) is 9.59 Å². The van der Waals surface area contributed by atoms with Gasteiger partial charge < -0.3 is 15.4 Å². The van der Waals surface area contributed by atoms with Crippen LogP contribution in [-0.4, -0.2) is 41.0 Å². The van der Waals surface area contributed by atoms with Gasteiger partial charge >= 0.3 is 5.97 Å². The standard InChI is InChI=1S/C13H18N4O3/c1-3-20-12(19)10-6-14-13(16-8(10)2)15-7-11(18)17-9-4-5-9/h6,9H,3-5,7H2,1-2H3,(H,17,18)(H,14,15,16). The van der Waals surface area contributed by atoms with Crippen LogP contribution in [0.3, 0.4) is 0 Å². The largest absolute Gasteiger partial charge is 0.462 e. The number of ether oxygens (including phenoxy) is 1. The van der Waals surface area contributed by atoms with Crippen molar-refractivity contribution in [1.29, 1.82) is 0 Å². The van der Waals surface area contributed by atoms with Gasteiger partial charge in [-0.3, -0.25) is 4.79 Å². The Morgan fingerprint density at radius 2 is 2.20 bits per heavy atom. The Balaban J connectivity index is 1.90. The van der Waals surface area contributed by atoms with Gasteiger partial charge in [0.25, 0.3) is 0 Å². The molecule has 1 fully saturated rings. The highest BCUT2D eigenvalue weighted by Gasteiger charge is 2.23. The molecule has 0 radical (unpaired) electrons. The van der Waals surface area contributed by atoms with Crippen molar-refractivity contribution in [3.05, 3.63) is 17.5 Å². The first-order valence-electron chi connectivity index (χ1n) is 6.64. The summed E-state index contributed by atoms with van der Waals surface area (Å²) >= 11 is 0. The summed E-state index contributed by atoms with van der Waals surface area (Å²) < 4.78 is 4.89. The number of aromatic nitrogens is 2. The zero-order chi connectivity index (χ0) is 14.5. The molecule has 0 bridgehead atoms. The Hall–Kier alpha value is -2.18. The molecule has 7 heteroatoms. The van der Waals surface area contributed by atoms with Crippen LogP contribution in [0.2, 0.25) is 0 Å². The average Bonchev–Trinajstić information content (AvgIpc) is 3.20. The molecule has 1 saturated carbocycles. The van der Waals surface area contributed by atoms with Crippen LogP contribution in [0.15, 0.2) is 6.20 Å². The Kier molecular flexibility index (Phi) is 4.49. The lowest BCUT2D eigenvalue weighted by molar-refractivity contribution is -0.119. The fourth-order valence-corrected chi connectivity index (χ4v) is 1.63. The average molecular weight is 278 g/mol. The molecule has 108 valence electrons. The van der Waals surface area contributed by atoms with E-state index >= 15 is 0 Å². The first kappa shape index (κ1) is 14.2. The molecule has 0 atom stereocenters. The maximum Gasteiger partial charge on any atom is 0.341 e. The number of carbonyl (C=O) groups is 2. The molecule has 1 aromatic rings. The van der Waals surface area contributed by atoms with Gasteiger partial charge in [0, 0.05) is 12.2 Å². The lowest BCUT2D eigenvalue weighted by atomic mass is 10.2. The third kappa shape index (κ3) is 3.91. The normalized spacial score (nSPS) is 13.7. The second-order valence-electron chi connectivity index (χ2n) is 4.61. The number of rotatable bonds is 6. The maximum absolute atomic E-state index is 11.6. The lowest BCUT2D eigenvalue weighted by Crippen LogP contribution is -2.31. The Morgan fingerprint density at radius 1 is 1.45 bits per heavy atom. The molecule has 20 heavy (non-hydrogen) atoms. The van der Waals surface area contributed by atoms with E-state index in [4.69, 9.17) is 4.74 Å². The van der Waals surface area contributed by atoms with Crippen molar-refractivity contribution < 1.29 is 14.3 Å². The third-order valence-corrected chi connectivity index (χ3v) is 2.82. The van der Waals surface area contributed by atoms with E-state index in [1.54, 1.807) is 13.8 Å². The molecule has 2 N–H and O–H groups in total. The van der Waals surface area contributed by atoms with Crippen LogP contribution in [0.5, 0.6) is 0 Å². The molecule has 0 saturated heterocycles. The van der Waals surface area contributed by atoms with Gasteiger partial charge in [-0.05, 0) is 26.7 Å². The van der Waals surface area contributed by atoms with Crippen molar-refractivity contribution in [1.82, 2.24) is 15.3 Å². The minimum Gasteiger partial charge on any atom is -0.462 e. The van der Waals surface area contributed by atoms with Crippen LogP contribution in [0.4, 0.5) is 5.95 Å². The van der Waals surface area contributed by atoms with E-state index in [0.717, 1.165) is 12.8 Å². The van der Waals surface area contributed by atoms with Crippen molar-refractivity contribution in [2.75, 3.05) is 18.5 Å². The van der Waals surface area contributed by atoms with Gasteiger partial charge in [0.1, 0.15) is 0 Å². The van der Waals surface area contributed by atoms with Gasteiger partial charge in [0.05, 0.1) is 24.4 Å². The van der Waals surface area contributed by atoms with Gasteiger partial charge in [0.2, 0.25) is 11.9 Å². The first-order valence-corrected chi connectivity index (χ1v) is 6.64. The Labute approximate surface area is 117 Å². The molecule has 0 unspecified atom stereocenters. The van der Waals surface area contributed by atoms with Gasteiger partial charge in [-0.15, -0.1) is 0 Å². The van der Waals surface area contributed by atoms with Gasteiger partial charge in [-0.1, -0.05) is 0 Å². The second kappa shape index (κ2) is 6.31. The number of anilines is 1. The molecule has 0 aromatic carbocycles. The summed E-state index contributed by atoms with van der Waals surface area (Å²) in [6, 6.07) is 0.332. The summed E-state index contributed by atoms with van der Waals surface area (Å²) in [6.07, 6.45) is 3.51. The molecule has 1 aromatic heterocycles. The monoisotopic (exact) mass is 278 g/mol. The fraction of sp³-hybridized carbons (Fsp3) is 0.538. The molecule has 1 heterocycles. The van der Waals surface area contributed by atoms with Crippen molar-refractivity contribution >= 4 is 17.8 Å². The van der Waals surface area contributed by atoms with E-state index < -0.39 is 5.97 Å². The van der Waals surface area contributed by atoms with E-state index in [1.165, 1.54) is 6.20 Å². The summed E-state index contributed by atoms with van der Waals surface area (Å²) in [7, 11) is 0. The van der Waals surface area contributed by atoms with E-state index in [2.05, 4.69) is 20.6 Å². The Morgan fingerprint density at radius 3 is 2.80 bits per heavy atom. The third-order valence-electron chi connectivity index (χ3n) is 2.82. The molecule has 1 aliphatic rings. The minimum absolute atomic E-state index is 0.0803. The van der Waals surface area contributed by atoms with Crippen LogP contribution in [0.25, 0.3) is 0 Å². The minimum atomic E-state index is -0.442. The molecule has 0 aliphatic heterocycles. The van der Waals surface area contributed by atoms with Crippen LogP contribution in [0.1, 0.15) is 35.8 Å². The number of esters is 1. The predicted molar refractivity (Wildman–Crippen MR) is 72.4 cm³/mol. The molecular weight excluding hydrogens is 260 g/mol. The summed E-state index contributed by atoms with van der Waals surface area (Å²) in [5.74, 6) is -0.201. The van der Waals surface area contributed by atoms with Crippen molar-refractivity contribution in [3.8, 4) is 0 Å². The zero-order valence-corrected chi connectivity index (χ0v) is 11.6. The lowest BCUT2D eigenvalue weighted by Gasteiger charge is -2.08. The number of carbonyl (C=O) groups excluding carboxylic acids is 2. The molecule has 7 nitrogen and oxygen atoms in total. The predicted octanol–water partition coefficient (Wildman–Crippen LogP) is 0.652. The summed E-state index contributed by atoms with van der Waals surface area (Å²) in [5.41, 5.74) is 0.850. The number of nitrogens with one attached hydrogen (secondary N) is 2. The number of nitrogens with zero attached hydrogens (tertiary/aromatic N) is 2. The number of amides is 1. The number of hydrogen-bond donors (Lipinski definition) is 2. The molecular formula is C13H18N4O3. The first-order chi connectivity index (χ1) is 9.60. The number of hydrogen-bond acceptors (Lipinski definition) is 6. The number of aryl methyl sites for hydroxylation is 1. The van der Waals surface area contributed by atoms with Crippen molar-refractivity contribution in [2.24, 2.45) is 0 Å². The van der Waals surface area contributed by atoms with E-state index in [-0.39, 0.29) is 12.5 Å². The van der Waals surface area contributed by atoms with Crippen molar-refractivity contribution in [2.45, 2.75) is 32.7 Å². The highest BCUT2D eigenvalue weighted by atomic mass is 16.5. The van der Waals surface area contributed by atoms with Gasteiger partial charge in [-0.25, -0.2) is 14.8 Å². The summed E-state index contributed by atoms with van der Waals surface area (Å²) in [5, 5.41) is 5.68. The van der Waals surface area contributed by atoms with Gasteiger partial charge in [-0.2, -0.15) is 0 Å².